The van der Waals surface area contributed by atoms with Gasteiger partial charge in [-0.05, 0) is 83.5 Å². The molecule has 0 fully saturated rings. The van der Waals surface area contributed by atoms with E-state index in [1.165, 1.54) is 96.3 Å². The van der Waals surface area contributed by atoms with Crippen LogP contribution in [0, 0.1) is 0 Å². The molecule has 3 unspecified atom stereocenters. The molecule has 0 aromatic heterocycles. The van der Waals surface area contributed by atoms with Gasteiger partial charge in [0.25, 0.3) is 7.82 Å². The van der Waals surface area contributed by atoms with Gasteiger partial charge in [0.15, 0.2) is 0 Å². The Bertz CT molecular complexity index is 1300. The van der Waals surface area contributed by atoms with E-state index < -0.39 is 26.6 Å². The van der Waals surface area contributed by atoms with E-state index in [-0.39, 0.29) is 12.5 Å². The van der Waals surface area contributed by atoms with Crippen molar-refractivity contribution in [3.63, 3.8) is 0 Å². The number of rotatable bonds is 45. The number of hydrogen-bond donors (Lipinski definition) is 2. The molecule has 0 saturated carbocycles. The summed E-state index contributed by atoms with van der Waals surface area (Å²) in [7, 11) is 1.22. The number of quaternary nitrogens is 1. The molecule has 0 radical (unpaired) electrons. The highest BCUT2D eigenvalue weighted by Crippen LogP contribution is 2.38. The van der Waals surface area contributed by atoms with Gasteiger partial charge in [0, 0.05) is 6.42 Å². The molecule has 63 heavy (non-hydrogen) atoms. The molecule has 0 heterocycles. The number of phosphoric acid groups is 1. The Hall–Kier alpha value is -2.32. The minimum Gasteiger partial charge on any atom is -0.756 e. The largest absolute Gasteiger partial charge is 0.756 e. The number of carbonyl (C=O) groups is 1. The maximum absolute atomic E-state index is 12.9. The van der Waals surface area contributed by atoms with Crippen molar-refractivity contribution >= 4 is 13.7 Å². The van der Waals surface area contributed by atoms with Crippen molar-refractivity contribution in [1.29, 1.82) is 0 Å². The van der Waals surface area contributed by atoms with Crippen LogP contribution < -0.4 is 10.2 Å². The van der Waals surface area contributed by atoms with Crippen LogP contribution in [-0.2, 0) is 18.4 Å². The van der Waals surface area contributed by atoms with E-state index in [0.29, 0.717) is 17.4 Å². The summed E-state index contributed by atoms with van der Waals surface area (Å²) in [6, 6.07) is -0.919. The molecule has 3 atom stereocenters. The summed E-state index contributed by atoms with van der Waals surface area (Å²) in [6.45, 7) is 4.49. The van der Waals surface area contributed by atoms with E-state index in [0.717, 1.165) is 83.5 Å². The standard InChI is InChI=1S/C54H97N2O6P/c1-6-8-10-12-14-16-18-20-22-24-26-28-30-32-34-36-38-40-42-44-46-48-54(58)55-52(51-62-63(59,60)61-50-49-56(3,4)5)53(57)47-45-43-41-39-37-35-33-31-29-27-25-23-21-19-17-15-13-11-9-7-2/h8,10,14,16,20,22,26,28-29,31,37,39,45,47,52-53,57H,6-7,9,11-13,15,17-19,21,23-25,27,30,32-36,38,40-44,46,48-51H2,1-5H3,(H-,55,58,59,60)/b10-8-,16-14-,22-20-,28-26-,31-29+,39-37+,47-45+. The van der Waals surface area contributed by atoms with Crippen molar-refractivity contribution in [2.45, 2.75) is 212 Å². The fraction of sp³-hybridized carbons (Fsp3) is 0.722. The summed E-state index contributed by atoms with van der Waals surface area (Å²) in [5.41, 5.74) is 0. The maximum Gasteiger partial charge on any atom is 0.268 e. The van der Waals surface area contributed by atoms with E-state index in [2.05, 4.69) is 92.1 Å². The first-order valence-electron chi connectivity index (χ1n) is 25.4. The number of hydrogen-bond acceptors (Lipinski definition) is 6. The van der Waals surface area contributed by atoms with E-state index in [9.17, 15) is 19.4 Å². The van der Waals surface area contributed by atoms with Crippen LogP contribution >= 0.6 is 7.82 Å². The lowest BCUT2D eigenvalue weighted by Crippen LogP contribution is -2.45. The van der Waals surface area contributed by atoms with Gasteiger partial charge in [0.05, 0.1) is 39.9 Å². The molecule has 0 saturated heterocycles. The van der Waals surface area contributed by atoms with Crippen molar-refractivity contribution < 1.29 is 32.9 Å². The smallest absolute Gasteiger partial charge is 0.268 e. The third-order valence-electron chi connectivity index (χ3n) is 10.8. The number of likely N-dealkylation sites (N-methyl/N-ethyl adjacent to an activating group) is 1. The number of aliphatic hydroxyl groups is 1. The second-order valence-electron chi connectivity index (χ2n) is 18.1. The van der Waals surface area contributed by atoms with E-state index in [1.54, 1.807) is 6.08 Å². The van der Waals surface area contributed by atoms with Crippen molar-refractivity contribution in [2.24, 2.45) is 0 Å². The van der Waals surface area contributed by atoms with Gasteiger partial charge in [-0.3, -0.25) is 9.36 Å². The van der Waals surface area contributed by atoms with Gasteiger partial charge in [0.1, 0.15) is 13.2 Å². The van der Waals surface area contributed by atoms with Crippen molar-refractivity contribution in [1.82, 2.24) is 5.32 Å². The van der Waals surface area contributed by atoms with Crippen molar-refractivity contribution in [2.75, 3.05) is 40.9 Å². The highest BCUT2D eigenvalue weighted by molar-refractivity contribution is 7.45. The molecule has 0 aliphatic heterocycles. The average Bonchev–Trinajstić information content (AvgIpc) is 3.24. The Morgan fingerprint density at radius 3 is 1.48 bits per heavy atom. The molecule has 364 valence electrons. The third kappa shape index (κ3) is 47.5. The number of amides is 1. The summed E-state index contributed by atoms with van der Waals surface area (Å²) in [6.07, 6.45) is 62.1. The van der Waals surface area contributed by atoms with Crippen molar-refractivity contribution in [3.8, 4) is 0 Å². The van der Waals surface area contributed by atoms with Crippen LogP contribution in [0.5, 0.6) is 0 Å². The predicted molar refractivity (Wildman–Crippen MR) is 270 cm³/mol. The Labute approximate surface area is 388 Å². The van der Waals surface area contributed by atoms with Crippen LogP contribution in [0.3, 0.4) is 0 Å². The Kier molecular flexibility index (Phi) is 43.2. The number of nitrogens with one attached hydrogen (secondary N) is 1. The fourth-order valence-electron chi connectivity index (χ4n) is 6.82. The molecular formula is C54H97N2O6P. The topological polar surface area (TPSA) is 108 Å². The molecule has 0 rings (SSSR count). The second kappa shape index (κ2) is 44.9. The van der Waals surface area contributed by atoms with Gasteiger partial charge in [-0.15, -0.1) is 0 Å². The van der Waals surface area contributed by atoms with Crippen molar-refractivity contribution in [3.05, 3.63) is 85.1 Å². The highest BCUT2D eigenvalue weighted by Gasteiger charge is 2.23. The number of allylic oxidation sites excluding steroid dienone is 13. The quantitative estimate of drug-likeness (QED) is 0.0273. The minimum atomic E-state index is -4.61. The molecule has 2 N–H and O–H groups in total. The van der Waals surface area contributed by atoms with E-state index >= 15 is 0 Å². The monoisotopic (exact) mass is 901 g/mol. The molecule has 9 heteroatoms. The zero-order valence-electron chi connectivity index (χ0n) is 41.2. The summed E-state index contributed by atoms with van der Waals surface area (Å²) in [4.78, 5) is 25.4. The zero-order chi connectivity index (χ0) is 46.4. The molecule has 0 aliphatic rings. The average molecular weight is 901 g/mol. The molecule has 0 aromatic rings. The Morgan fingerprint density at radius 2 is 0.984 bits per heavy atom. The Morgan fingerprint density at radius 1 is 0.571 bits per heavy atom. The molecule has 0 aromatic carbocycles. The van der Waals surface area contributed by atoms with Gasteiger partial charge < -0.3 is 28.8 Å². The fourth-order valence-corrected chi connectivity index (χ4v) is 7.54. The molecule has 0 spiro atoms. The summed E-state index contributed by atoms with van der Waals surface area (Å²) in [5, 5.41) is 13.8. The first-order chi connectivity index (χ1) is 30.5. The molecular weight excluding hydrogens is 804 g/mol. The van der Waals surface area contributed by atoms with Gasteiger partial charge in [-0.2, -0.15) is 0 Å². The lowest BCUT2D eigenvalue weighted by atomic mass is 10.1. The first kappa shape index (κ1) is 60.7. The third-order valence-corrected chi connectivity index (χ3v) is 11.8. The number of nitrogens with zero attached hydrogens (tertiary/aromatic N) is 1. The van der Waals surface area contributed by atoms with Gasteiger partial charge in [-0.25, -0.2) is 0 Å². The summed E-state index contributed by atoms with van der Waals surface area (Å²) in [5.74, 6) is -0.223. The lowest BCUT2D eigenvalue weighted by Gasteiger charge is -2.29. The van der Waals surface area contributed by atoms with Crippen LogP contribution in [0.1, 0.15) is 200 Å². The highest BCUT2D eigenvalue weighted by atomic mass is 31.2. The van der Waals surface area contributed by atoms with Gasteiger partial charge in [0.2, 0.25) is 5.91 Å². The summed E-state index contributed by atoms with van der Waals surface area (Å²) >= 11 is 0. The van der Waals surface area contributed by atoms with Gasteiger partial charge >= 0.3 is 0 Å². The number of phosphoric ester groups is 1. The van der Waals surface area contributed by atoms with Crippen LogP contribution in [0.25, 0.3) is 0 Å². The Balaban J connectivity index is 4.43. The molecule has 8 nitrogen and oxygen atoms in total. The van der Waals surface area contributed by atoms with E-state index in [1.807, 2.05) is 27.2 Å². The molecule has 1 amide bonds. The molecule has 0 aliphatic carbocycles. The second-order valence-corrected chi connectivity index (χ2v) is 19.5. The lowest BCUT2D eigenvalue weighted by molar-refractivity contribution is -0.870. The zero-order valence-corrected chi connectivity index (χ0v) is 42.1. The molecule has 0 bridgehead atoms. The normalized spacial score (nSPS) is 14.8. The number of carbonyl (C=O) groups excluding carboxylic acids is 1. The summed E-state index contributed by atoms with van der Waals surface area (Å²) < 4.78 is 23.3. The maximum atomic E-state index is 12.9. The minimum absolute atomic E-state index is 0.0149. The van der Waals surface area contributed by atoms with E-state index in [4.69, 9.17) is 9.05 Å². The number of unbranched alkanes of at least 4 members (excludes halogenated alkanes) is 20. The first-order valence-corrected chi connectivity index (χ1v) is 26.9. The number of aliphatic hydroxyl groups excluding tert-OH is 1. The van der Waals surface area contributed by atoms with Crippen LogP contribution in [0.15, 0.2) is 85.1 Å². The van der Waals surface area contributed by atoms with Crippen LogP contribution in [0.2, 0.25) is 0 Å². The SMILES string of the molecule is CC/C=C\C/C=C\C/C=C\C/C=C\CCCCCCCCCCC(=O)NC(COP(=O)([O-])OCC[N+](C)(C)C)C(O)/C=C/CC/C=C/CC/C=C/CCCCCCCCCCCC. The van der Waals surface area contributed by atoms with Crippen LogP contribution in [0.4, 0.5) is 0 Å². The van der Waals surface area contributed by atoms with Crippen LogP contribution in [-0.4, -0.2) is 68.5 Å². The van der Waals surface area contributed by atoms with Gasteiger partial charge in [-0.1, -0.05) is 195 Å². The predicted octanol–water partition coefficient (Wildman–Crippen LogP) is 14.3.